The first-order chi connectivity index (χ1) is 29.1. The lowest BCUT2D eigenvalue weighted by Gasteiger charge is -2.47. The standard InChI is InChI=1S/C30H23F33NO3/c31-15(32,10-14(67)12-64(6-8-65,7-9-66)11-13-4-2-1-3-5-13)16(33,34)17(35,36)18(37,38)19(39,40)20(41,42)21(43,44)22(45,46)23(47,48)24(49,50)25(51,52)26(53,54)27(55,56)28(57,58)29(59,60)30(61,62)63/h1-5,14,65-67H,6-12H2/q+1. The zero-order valence-corrected chi connectivity index (χ0v) is 31.2. The fourth-order valence-corrected chi connectivity index (χ4v) is 5.62. The Labute approximate surface area is 348 Å². The molecular weight excluding hydrogens is 1050 g/mol. The maximum Gasteiger partial charge on any atom is 0.460 e. The van der Waals surface area contributed by atoms with Crippen molar-refractivity contribution in [2.75, 3.05) is 32.8 Å². The van der Waals surface area contributed by atoms with E-state index in [9.17, 15) is 160 Å². The number of halogens is 33. The third-order valence-corrected chi connectivity index (χ3v) is 9.54. The van der Waals surface area contributed by atoms with Crippen LogP contribution in [0.5, 0.6) is 0 Å². The second kappa shape index (κ2) is 17.6. The van der Waals surface area contributed by atoms with Crippen LogP contribution in [0.15, 0.2) is 30.3 Å². The molecule has 3 N–H and O–H groups in total. The van der Waals surface area contributed by atoms with E-state index in [0.29, 0.717) is 0 Å². The average molecular weight is 1070 g/mol. The van der Waals surface area contributed by atoms with Gasteiger partial charge in [-0.1, -0.05) is 30.3 Å². The largest absolute Gasteiger partial charge is 0.460 e. The minimum absolute atomic E-state index is 0.0527. The quantitative estimate of drug-likeness (QED) is 0.0714. The number of aliphatic hydroxyl groups is 3. The normalized spacial score (nSPS) is 16.7. The summed E-state index contributed by atoms with van der Waals surface area (Å²) in [4.78, 5) is 0. The molecule has 0 heterocycles. The molecule has 0 saturated heterocycles. The lowest BCUT2D eigenvalue weighted by Crippen LogP contribution is -2.80. The highest BCUT2D eigenvalue weighted by Gasteiger charge is 3.02. The summed E-state index contributed by atoms with van der Waals surface area (Å²) in [6, 6.07) is 6.16. The molecule has 0 saturated carbocycles. The van der Waals surface area contributed by atoms with Gasteiger partial charge in [0.05, 0.1) is 13.2 Å². The highest BCUT2D eigenvalue weighted by atomic mass is 19.4. The van der Waals surface area contributed by atoms with E-state index in [1.54, 1.807) is 0 Å². The number of alkyl halides is 33. The van der Waals surface area contributed by atoms with E-state index < -0.39 is 151 Å². The van der Waals surface area contributed by atoms with Gasteiger partial charge in [0.25, 0.3) is 0 Å². The molecule has 0 aliphatic heterocycles. The van der Waals surface area contributed by atoms with Gasteiger partial charge in [0.2, 0.25) is 0 Å². The van der Waals surface area contributed by atoms with Crippen molar-refractivity contribution in [3.63, 3.8) is 0 Å². The fraction of sp³-hybridized carbons (Fsp3) is 0.800. The highest BCUT2D eigenvalue weighted by Crippen LogP contribution is 2.70. The lowest BCUT2D eigenvalue weighted by molar-refractivity contribution is -0.944. The molecule has 0 aliphatic carbocycles. The molecule has 1 aromatic carbocycles. The van der Waals surface area contributed by atoms with Crippen molar-refractivity contribution in [3.8, 4) is 0 Å². The van der Waals surface area contributed by atoms with Gasteiger partial charge in [0.15, 0.2) is 0 Å². The number of nitrogens with zero attached hydrogens (tertiary/aromatic N) is 1. The molecule has 1 atom stereocenters. The van der Waals surface area contributed by atoms with Crippen molar-refractivity contribution in [2.45, 2.75) is 114 Å². The molecule has 1 rings (SSSR count). The van der Waals surface area contributed by atoms with E-state index in [0.717, 1.165) is 0 Å². The number of quaternary nitrogens is 1. The van der Waals surface area contributed by atoms with Crippen LogP contribution in [0.1, 0.15) is 12.0 Å². The van der Waals surface area contributed by atoms with Crippen LogP contribution in [-0.4, -0.2) is 154 Å². The summed E-state index contributed by atoms with van der Waals surface area (Å²) in [7, 11) is 0. The summed E-state index contributed by atoms with van der Waals surface area (Å²) in [5.41, 5.74) is 0.0527. The second-order valence-corrected chi connectivity index (χ2v) is 14.2. The van der Waals surface area contributed by atoms with Crippen molar-refractivity contribution in [3.05, 3.63) is 35.9 Å². The molecule has 37 heteroatoms. The van der Waals surface area contributed by atoms with E-state index in [1.165, 1.54) is 30.3 Å². The van der Waals surface area contributed by atoms with Crippen LogP contribution in [-0.2, 0) is 6.54 Å². The molecule has 0 aromatic heterocycles. The third-order valence-electron chi connectivity index (χ3n) is 9.54. The SMILES string of the molecule is OCC[N+](CCO)(Cc1ccccc1)CC(O)CC(F)(F)C(F)(F)C(F)(F)C(F)(F)C(F)(F)C(F)(F)C(F)(F)C(F)(F)C(F)(F)C(F)(F)C(F)(F)C(F)(F)C(F)(F)C(F)(F)C(F)(F)C(F)(F)F. The number of rotatable bonds is 24. The molecule has 0 amide bonds. The molecule has 1 unspecified atom stereocenters. The molecule has 1 aromatic rings. The van der Waals surface area contributed by atoms with Crippen LogP contribution in [0.4, 0.5) is 145 Å². The van der Waals surface area contributed by atoms with Gasteiger partial charge < -0.3 is 19.8 Å². The van der Waals surface area contributed by atoms with Crippen molar-refractivity contribution in [1.82, 2.24) is 0 Å². The number of benzene rings is 1. The van der Waals surface area contributed by atoms with Crippen LogP contribution in [0, 0.1) is 0 Å². The van der Waals surface area contributed by atoms with E-state index in [2.05, 4.69) is 0 Å². The Bertz CT molecular complexity index is 1820. The molecule has 0 aliphatic rings. The first-order valence-electron chi connectivity index (χ1n) is 16.6. The molecule has 4 nitrogen and oxygen atoms in total. The van der Waals surface area contributed by atoms with Crippen molar-refractivity contribution < 1.29 is 165 Å². The van der Waals surface area contributed by atoms with Crippen LogP contribution in [0.25, 0.3) is 0 Å². The van der Waals surface area contributed by atoms with Gasteiger partial charge in [-0.15, -0.1) is 0 Å². The third kappa shape index (κ3) is 8.74. The Morgan fingerprint density at radius 2 is 0.597 bits per heavy atom. The zero-order chi connectivity index (χ0) is 54.1. The number of hydrogen-bond donors (Lipinski definition) is 3. The highest BCUT2D eigenvalue weighted by molar-refractivity contribution is 5.22. The van der Waals surface area contributed by atoms with E-state index in [-0.39, 0.29) is 5.56 Å². The maximum atomic E-state index is 14.7. The molecule has 0 bridgehead atoms. The molecule has 67 heavy (non-hydrogen) atoms. The minimum atomic E-state index is -10.3. The Kier molecular flexibility index (Phi) is 16.2. The summed E-state index contributed by atoms with van der Waals surface area (Å²) in [6.07, 6.45) is -15.3. The summed E-state index contributed by atoms with van der Waals surface area (Å²) < 4.78 is 457. The molecular formula is C30H23F33NO3+. The Balaban J connectivity index is 3.92. The van der Waals surface area contributed by atoms with E-state index in [4.69, 9.17) is 0 Å². The maximum absolute atomic E-state index is 14.7. The van der Waals surface area contributed by atoms with Gasteiger partial charge in [-0.25, -0.2) is 0 Å². The molecule has 0 radical (unpaired) electrons. The van der Waals surface area contributed by atoms with Gasteiger partial charge in [-0.2, -0.15) is 145 Å². The number of aliphatic hydroxyl groups excluding tert-OH is 3. The summed E-state index contributed by atoms with van der Waals surface area (Å²) >= 11 is 0. The van der Waals surface area contributed by atoms with Crippen LogP contribution in [0.3, 0.4) is 0 Å². The smallest absolute Gasteiger partial charge is 0.391 e. The van der Waals surface area contributed by atoms with Crippen LogP contribution < -0.4 is 0 Å². The second-order valence-electron chi connectivity index (χ2n) is 14.2. The van der Waals surface area contributed by atoms with E-state index >= 15 is 0 Å². The molecule has 0 fully saturated rings. The zero-order valence-electron chi connectivity index (χ0n) is 31.2. The Hall–Kier alpha value is -3.25. The van der Waals surface area contributed by atoms with E-state index in [1.807, 2.05) is 0 Å². The van der Waals surface area contributed by atoms with Crippen LogP contribution in [0.2, 0.25) is 0 Å². The van der Waals surface area contributed by atoms with Crippen molar-refractivity contribution >= 4 is 0 Å². The fourth-order valence-electron chi connectivity index (χ4n) is 5.62. The predicted molar refractivity (Wildman–Crippen MR) is 150 cm³/mol. The Morgan fingerprint density at radius 1 is 0.358 bits per heavy atom. The average Bonchev–Trinajstić information content (AvgIpc) is 3.13. The topological polar surface area (TPSA) is 60.7 Å². The van der Waals surface area contributed by atoms with Crippen molar-refractivity contribution in [2.24, 2.45) is 0 Å². The van der Waals surface area contributed by atoms with Crippen LogP contribution >= 0.6 is 0 Å². The molecule has 396 valence electrons. The van der Waals surface area contributed by atoms with Gasteiger partial charge in [0.1, 0.15) is 32.3 Å². The lowest BCUT2D eigenvalue weighted by atomic mass is 9.82. The first kappa shape index (κ1) is 61.8. The summed E-state index contributed by atoms with van der Waals surface area (Å²) in [5.74, 6) is -144. The monoisotopic (exact) mass is 1070 g/mol. The van der Waals surface area contributed by atoms with Gasteiger partial charge in [-0.05, 0) is 0 Å². The number of hydrogen-bond acceptors (Lipinski definition) is 3. The summed E-state index contributed by atoms with van der Waals surface area (Å²) in [6.45, 7) is -6.13. The minimum Gasteiger partial charge on any atom is -0.391 e. The van der Waals surface area contributed by atoms with Gasteiger partial charge in [-0.3, -0.25) is 0 Å². The van der Waals surface area contributed by atoms with Crippen molar-refractivity contribution in [1.29, 1.82) is 0 Å². The van der Waals surface area contributed by atoms with Gasteiger partial charge in [0, 0.05) is 12.0 Å². The molecule has 0 spiro atoms. The first-order valence-corrected chi connectivity index (χ1v) is 16.6. The predicted octanol–water partition coefficient (Wildman–Crippen LogP) is 10.8. The summed E-state index contributed by atoms with van der Waals surface area (Å²) in [5, 5.41) is 28.8. The Morgan fingerprint density at radius 3 is 0.836 bits per heavy atom. The van der Waals surface area contributed by atoms with Gasteiger partial charge >= 0.3 is 95.0 Å².